The lowest BCUT2D eigenvalue weighted by Crippen LogP contribution is -2.10. The Kier molecular flexibility index (Phi) is 4.16. The summed E-state index contributed by atoms with van der Waals surface area (Å²) in [5, 5.41) is 3.15. The second kappa shape index (κ2) is 4.94. The Morgan fingerprint density at radius 3 is 2.85 bits per heavy atom. The summed E-state index contributed by atoms with van der Waals surface area (Å²) < 4.78 is 13.7. The van der Waals surface area contributed by atoms with E-state index in [1.54, 1.807) is 6.07 Å². The molecule has 0 aliphatic carbocycles. The largest absolute Gasteiger partial charge is 0.319 e. The molecule has 0 aliphatic heterocycles. The van der Waals surface area contributed by atoms with Gasteiger partial charge in [-0.25, -0.2) is 4.39 Å². The third-order valence-electron chi connectivity index (χ3n) is 1.76. The van der Waals surface area contributed by atoms with Gasteiger partial charge in [-0.1, -0.05) is 17.7 Å². The number of likely N-dealkylation sites (N-methyl/N-ethyl adjacent to an activating group) is 1. The van der Waals surface area contributed by atoms with Crippen molar-refractivity contribution in [2.75, 3.05) is 13.6 Å². The van der Waals surface area contributed by atoms with Gasteiger partial charge in [-0.2, -0.15) is 0 Å². The lowest BCUT2D eigenvalue weighted by Gasteiger charge is -2.05. The fourth-order valence-corrected chi connectivity index (χ4v) is 1.83. The van der Waals surface area contributed by atoms with E-state index in [1.807, 2.05) is 13.1 Å². The molecule has 0 amide bonds. The van der Waals surface area contributed by atoms with Gasteiger partial charge in [0.25, 0.3) is 0 Å². The number of halogens is 3. The molecule has 72 valence electrons. The van der Waals surface area contributed by atoms with Crippen LogP contribution in [0.2, 0.25) is 5.02 Å². The predicted octanol–water partition coefficient (Wildman–Crippen LogP) is 3.00. The number of benzene rings is 1. The summed E-state index contributed by atoms with van der Waals surface area (Å²) >= 11 is 8.77. The fraction of sp³-hybridized carbons (Fsp3) is 0.333. The van der Waals surface area contributed by atoms with Crippen molar-refractivity contribution in [1.29, 1.82) is 0 Å². The highest BCUT2D eigenvalue weighted by Gasteiger charge is 2.08. The van der Waals surface area contributed by atoms with E-state index in [0.717, 1.165) is 18.5 Å². The molecule has 0 heterocycles. The van der Waals surface area contributed by atoms with Gasteiger partial charge in [0.1, 0.15) is 0 Å². The van der Waals surface area contributed by atoms with Crippen LogP contribution >= 0.6 is 27.5 Å². The Hall–Kier alpha value is -0.120. The molecule has 1 N–H and O–H groups in total. The maximum Gasteiger partial charge on any atom is 0.156 e. The highest BCUT2D eigenvalue weighted by molar-refractivity contribution is 9.10. The lowest BCUT2D eigenvalue weighted by molar-refractivity contribution is 0.617. The molecule has 0 aliphatic rings. The van der Waals surface area contributed by atoms with Crippen LogP contribution < -0.4 is 5.32 Å². The zero-order valence-electron chi connectivity index (χ0n) is 7.20. The van der Waals surface area contributed by atoms with Gasteiger partial charge in [0.05, 0.1) is 9.50 Å². The van der Waals surface area contributed by atoms with Crippen LogP contribution in [0, 0.1) is 5.82 Å². The van der Waals surface area contributed by atoms with Gasteiger partial charge in [0.15, 0.2) is 5.82 Å². The summed E-state index contributed by atoms with van der Waals surface area (Å²) in [4.78, 5) is 0. The molecule has 0 unspecified atom stereocenters. The van der Waals surface area contributed by atoms with Gasteiger partial charge in [0.2, 0.25) is 0 Å². The summed E-state index contributed by atoms with van der Waals surface area (Å²) in [5.74, 6) is -0.379. The molecule has 1 rings (SSSR count). The first-order chi connectivity index (χ1) is 6.16. The highest BCUT2D eigenvalue weighted by Crippen LogP contribution is 2.26. The Labute approximate surface area is 90.4 Å². The molecule has 0 saturated carbocycles. The maximum atomic E-state index is 13.2. The third-order valence-corrected chi connectivity index (χ3v) is 2.91. The second-order valence-corrected chi connectivity index (χ2v) is 3.89. The zero-order valence-corrected chi connectivity index (χ0v) is 9.54. The van der Waals surface area contributed by atoms with Crippen molar-refractivity contribution >= 4 is 27.5 Å². The molecule has 0 radical (unpaired) electrons. The van der Waals surface area contributed by atoms with E-state index < -0.39 is 0 Å². The second-order valence-electron chi connectivity index (χ2n) is 2.69. The molecule has 4 heteroatoms. The molecule has 0 saturated heterocycles. The number of rotatable bonds is 3. The van der Waals surface area contributed by atoms with Crippen molar-refractivity contribution in [1.82, 2.24) is 5.32 Å². The van der Waals surface area contributed by atoms with Crippen LogP contribution in [-0.2, 0) is 6.42 Å². The van der Waals surface area contributed by atoms with E-state index >= 15 is 0 Å². The van der Waals surface area contributed by atoms with E-state index in [0.29, 0.717) is 4.47 Å². The van der Waals surface area contributed by atoms with E-state index in [4.69, 9.17) is 11.6 Å². The van der Waals surface area contributed by atoms with E-state index in [1.165, 1.54) is 0 Å². The Balaban J connectivity index is 2.90. The first-order valence-electron chi connectivity index (χ1n) is 3.93. The smallest absolute Gasteiger partial charge is 0.156 e. The predicted molar refractivity (Wildman–Crippen MR) is 56.7 cm³/mol. The molecule has 1 aromatic carbocycles. The number of nitrogens with one attached hydrogen (secondary N) is 1. The molecule has 0 spiro atoms. The van der Waals surface area contributed by atoms with Gasteiger partial charge in [0, 0.05) is 0 Å². The standard InChI is InChI=1S/C9H10BrClFN/c1-13-5-4-6-2-3-7(11)9(12)8(6)10/h2-3,13H,4-5H2,1H3. The number of hydrogen-bond donors (Lipinski definition) is 1. The first-order valence-corrected chi connectivity index (χ1v) is 5.11. The quantitative estimate of drug-likeness (QED) is 0.829. The summed E-state index contributed by atoms with van der Waals surface area (Å²) in [6, 6.07) is 3.40. The molecule has 13 heavy (non-hydrogen) atoms. The molecular formula is C9H10BrClFN. The monoisotopic (exact) mass is 265 g/mol. The average molecular weight is 267 g/mol. The molecule has 0 fully saturated rings. The van der Waals surface area contributed by atoms with E-state index in [9.17, 15) is 4.39 Å². The maximum absolute atomic E-state index is 13.2. The molecule has 1 nitrogen and oxygen atoms in total. The lowest BCUT2D eigenvalue weighted by atomic mass is 10.1. The van der Waals surface area contributed by atoms with Crippen molar-refractivity contribution in [2.24, 2.45) is 0 Å². The summed E-state index contributed by atoms with van der Waals surface area (Å²) in [6.45, 7) is 0.819. The minimum atomic E-state index is -0.379. The minimum absolute atomic E-state index is 0.153. The summed E-state index contributed by atoms with van der Waals surface area (Å²) in [7, 11) is 1.86. The third kappa shape index (κ3) is 2.66. The normalized spacial score (nSPS) is 10.5. The average Bonchev–Trinajstić information content (AvgIpc) is 2.13. The van der Waals surface area contributed by atoms with Crippen LogP contribution in [0.3, 0.4) is 0 Å². The van der Waals surface area contributed by atoms with Crippen LogP contribution in [0.25, 0.3) is 0 Å². The van der Waals surface area contributed by atoms with Gasteiger partial charge in [-0.3, -0.25) is 0 Å². The van der Waals surface area contributed by atoms with Crippen molar-refractivity contribution < 1.29 is 4.39 Å². The Morgan fingerprint density at radius 1 is 1.54 bits per heavy atom. The summed E-state index contributed by atoms with van der Waals surface area (Å²) in [6.07, 6.45) is 0.783. The van der Waals surface area contributed by atoms with Crippen molar-refractivity contribution in [2.45, 2.75) is 6.42 Å². The first kappa shape index (κ1) is 11.0. The molecular weight excluding hydrogens is 256 g/mol. The minimum Gasteiger partial charge on any atom is -0.319 e. The Morgan fingerprint density at radius 2 is 2.23 bits per heavy atom. The van der Waals surface area contributed by atoms with Crippen LogP contribution in [0.5, 0.6) is 0 Å². The van der Waals surface area contributed by atoms with Gasteiger partial charge in [-0.05, 0) is 47.6 Å². The molecule has 0 atom stereocenters. The van der Waals surface area contributed by atoms with Crippen molar-refractivity contribution in [3.8, 4) is 0 Å². The molecule has 1 aromatic rings. The van der Waals surface area contributed by atoms with Crippen LogP contribution in [0.1, 0.15) is 5.56 Å². The van der Waals surface area contributed by atoms with Crippen molar-refractivity contribution in [3.05, 3.63) is 33.0 Å². The van der Waals surface area contributed by atoms with E-state index in [-0.39, 0.29) is 10.8 Å². The van der Waals surface area contributed by atoms with Crippen LogP contribution in [0.15, 0.2) is 16.6 Å². The van der Waals surface area contributed by atoms with Crippen LogP contribution in [0.4, 0.5) is 4.39 Å². The fourth-order valence-electron chi connectivity index (χ4n) is 1.02. The highest BCUT2D eigenvalue weighted by atomic mass is 79.9. The summed E-state index contributed by atoms with van der Waals surface area (Å²) in [5.41, 5.74) is 0.927. The SMILES string of the molecule is CNCCc1ccc(Cl)c(F)c1Br. The van der Waals surface area contributed by atoms with Gasteiger partial charge in [-0.15, -0.1) is 0 Å². The van der Waals surface area contributed by atoms with Gasteiger partial charge >= 0.3 is 0 Å². The zero-order chi connectivity index (χ0) is 9.84. The topological polar surface area (TPSA) is 12.0 Å². The van der Waals surface area contributed by atoms with Crippen molar-refractivity contribution in [3.63, 3.8) is 0 Å². The Bertz CT molecular complexity index is 304. The van der Waals surface area contributed by atoms with E-state index in [2.05, 4.69) is 21.2 Å². The molecule has 0 aromatic heterocycles. The van der Waals surface area contributed by atoms with Crippen LogP contribution in [-0.4, -0.2) is 13.6 Å². The number of hydrogen-bond acceptors (Lipinski definition) is 1. The van der Waals surface area contributed by atoms with Gasteiger partial charge < -0.3 is 5.32 Å². The molecule has 0 bridgehead atoms.